The second kappa shape index (κ2) is 7.83. The Morgan fingerprint density at radius 2 is 1.69 bits per heavy atom. The Labute approximate surface area is 178 Å². The number of anilines is 3. The van der Waals surface area contributed by atoms with Crippen molar-refractivity contribution < 1.29 is 8.42 Å². The minimum absolute atomic E-state index is 0.185. The molecule has 0 radical (unpaired) electrons. The van der Waals surface area contributed by atoms with E-state index in [1.807, 2.05) is 0 Å². The molecule has 1 aliphatic heterocycles. The molecule has 0 aliphatic carbocycles. The Hall–Kier alpha value is -2.33. The van der Waals surface area contributed by atoms with Gasteiger partial charge in [-0.15, -0.1) is 5.10 Å². The van der Waals surface area contributed by atoms with E-state index in [2.05, 4.69) is 20.5 Å². The fourth-order valence-corrected chi connectivity index (χ4v) is 5.47. The van der Waals surface area contributed by atoms with E-state index in [-0.39, 0.29) is 10.8 Å². The van der Waals surface area contributed by atoms with Crippen LogP contribution in [0.1, 0.15) is 12.8 Å². The van der Waals surface area contributed by atoms with E-state index < -0.39 is 10.0 Å². The summed E-state index contributed by atoms with van der Waals surface area (Å²) in [5, 5.41) is 10.2. The predicted octanol–water partition coefficient (Wildman–Crippen LogP) is 3.89. The molecular formula is C18H18Cl2N6O2S. The average molecular weight is 453 g/mol. The molecule has 1 aliphatic rings. The minimum atomic E-state index is -3.47. The van der Waals surface area contributed by atoms with Crippen LogP contribution in [-0.4, -0.2) is 41.0 Å². The van der Waals surface area contributed by atoms with Crippen molar-refractivity contribution in [3.05, 3.63) is 46.4 Å². The highest BCUT2D eigenvalue weighted by Crippen LogP contribution is 2.38. The van der Waals surface area contributed by atoms with Crippen LogP contribution in [0.25, 0.3) is 11.1 Å². The molecular weight excluding hydrogens is 435 g/mol. The van der Waals surface area contributed by atoms with E-state index >= 15 is 0 Å². The van der Waals surface area contributed by atoms with Gasteiger partial charge in [-0.05, 0) is 42.7 Å². The molecule has 0 bridgehead atoms. The molecule has 1 saturated heterocycles. The van der Waals surface area contributed by atoms with Gasteiger partial charge in [-0.25, -0.2) is 13.5 Å². The first-order chi connectivity index (χ1) is 13.8. The number of hydrogen-bond donors (Lipinski definition) is 3. The van der Waals surface area contributed by atoms with Gasteiger partial charge in [0.05, 0.1) is 14.9 Å². The van der Waals surface area contributed by atoms with Crippen molar-refractivity contribution in [3.63, 3.8) is 0 Å². The quantitative estimate of drug-likeness (QED) is 0.540. The van der Waals surface area contributed by atoms with Crippen LogP contribution in [0.2, 0.25) is 10.0 Å². The second-order valence-electron chi connectivity index (χ2n) is 6.62. The van der Waals surface area contributed by atoms with Crippen LogP contribution >= 0.6 is 23.2 Å². The summed E-state index contributed by atoms with van der Waals surface area (Å²) in [6.07, 6.45) is 1.78. The van der Waals surface area contributed by atoms with Gasteiger partial charge >= 0.3 is 0 Å². The number of benzene rings is 2. The Kier molecular flexibility index (Phi) is 5.39. The lowest BCUT2D eigenvalue weighted by Gasteiger charge is -2.16. The largest absolute Gasteiger partial charge is 0.368 e. The maximum atomic E-state index is 12.7. The molecule has 0 saturated carbocycles. The Morgan fingerprint density at radius 1 is 1.07 bits per heavy atom. The topological polar surface area (TPSA) is 117 Å². The fraction of sp³-hybridized carbons (Fsp3) is 0.222. The van der Waals surface area contributed by atoms with E-state index in [0.29, 0.717) is 45.9 Å². The van der Waals surface area contributed by atoms with Gasteiger partial charge in [0.25, 0.3) is 0 Å². The molecule has 0 spiro atoms. The van der Waals surface area contributed by atoms with Gasteiger partial charge < -0.3 is 11.1 Å². The standard InChI is InChI=1S/C18H18Cl2N6O2S/c19-14-9-12(22-18-23-17(21)24-25-18)10-15(20)16(14)11-3-5-13(6-4-11)29(27,28)26-7-1-2-8-26/h3-6,9-10H,1-2,7-8H2,(H4,21,22,23,24,25). The predicted molar refractivity (Wildman–Crippen MR) is 114 cm³/mol. The highest BCUT2D eigenvalue weighted by molar-refractivity contribution is 7.89. The van der Waals surface area contributed by atoms with Gasteiger partial charge in [-0.1, -0.05) is 35.3 Å². The molecule has 2 heterocycles. The zero-order valence-corrected chi connectivity index (χ0v) is 17.5. The number of H-pyrrole nitrogens is 1. The van der Waals surface area contributed by atoms with Crippen LogP contribution in [0.3, 0.4) is 0 Å². The summed E-state index contributed by atoms with van der Waals surface area (Å²) < 4.78 is 26.9. The third-order valence-corrected chi connectivity index (χ3v) is 7.16. The number of nitrogen functional groups attached to an aromatic ring is 1. The number of aromatic amines is 1. The van der Waals surface area contributed by atoms with Crippen molar-refractivity contribution >= 4 is 50.8 Å². The average Bonchev–Trinajstić information content (AvgIpc) is 3.34. The summed E-state index contributed by atoms with van der Waals surface area (Å²) in [4.78, 5) is 4.22. The third-order valence-electron chi connectivity index (χ3n) is 4.65. The number of aromatic nitrogens is 3. The molecule has 2 aromatic carbocycles. The van der Waals surface area contributed by atoms with Crippen LogP contribution in [-0.2, 0) is 10.0 Å². The van der Waals surface area contributed by atoms with Crippen molar-refractivity contribution in [1.29, 1.82) is 0 Å². The van der Waals surface area contributed by atoms with Crippen LogP contribution < -0.4 is 11.1 Å². The van der Waals surface area contributed by atoms with Gasteiger partial charge in [-0.3, -0.25) is 0 Å². The molecule has 11 heteroatoms. The Morgan fingerprint density at radius 3 is 2.24 bits per heavy atom. The molecule has 1 fully saturated rings. The third kappa shape index (κ3) is 4.04. The van der Waals surface area contributed by atoms with Crippen molar-refractivity contribution in [1.82, 2.24) is 19.5 Å². The van der Waals surface area contributed by atoms with Gasteiger partial charge in [0.1, 0.15) is 0 Å². The van der Waals surface area contributed by atoms with E-state index in [9.17, 15) is 8.42 Å². The maximum absolute atomic E-state index is 12.7. The first kappa shape index (κ1) is 20.0. The number of sulfonamides is 1. The fourth-order valence-electron chi connectivity index (χ4n) is 3.25. The van der Waals surface area contributed by atoms with Crippen LogP contribution in [0, 0.1) is 0 Å². The summed E-state index contributed by atoms with van der Waals surface area (Å²) in [7, 11) is -3.47. The van der Waals surface area contributed by atoms with E-state index in [1.54, 1.807) is 36.4 Å². The molecule has 4 N–H and O–H groups in total. The first-order valence-corrected chi connectivity index (χ1v) is 11.1. The lowest BCUT2D eigenvalue weighted by Crippen LogP contribution is -2.27. The van der Waals surface area contributed by atoms with Crippen molar-refractivity contribution in [2.75, 3.05) is 24.1 Å². The molecule has 8 nitrogen and oxygen atoms in total. The van der Waals surface area contributed by atoms with Gasteiger partial charge in [0, 0.05) is 24.3 Å². The lowest BCUT2D eigenvalue weighted by molar-refractivity contribution is 0.477. The number of nitrogens with zero attached hydrogens (tertiary/aromatic N) is 3. The van der Waals surface area contributed by atoms with Crippen molar-refractivity contribution in [2.24, 2.45) is 0 Å². The molecule has 0 atom stereocenters. The summed E-state index contributed by atoms with van der Waals surface area (Å²) in [6.45, 7) is 1.12. The number of halogens is 2. The highest BCUT2D eigenvalue weighted by atomic mass is 35.5. The molecule has 152 valence electrons. The van der Waals surface area contributed by atoms with Crippen LogP contribution in [0.15, 0.2) is 41.3 Å². The molecule has 0 unspecified atom stereocenters. The van der Waals surface area contributed by atoms with Crippen molar-refractivity contribution in [2.45, 2.75) is 17.7 Å². The van der Waals surface area contributed by atoms with Gasteiger partial charge in [0.15, 0.2) is 0 Å². The minimum Gasteiger partial charge on any atom is -0.368 e. The molecule has 29 heavy (non-hydrogen) atoms. The Balaban J connectivity index is 1.61. The Bertz CT molecular complexity index is 1120. The van der Waals surface area contributed by atoms with E-state index in [0.717, 1.165) is 12.8 Å². The SMILES string of the molecule is Nc1nc(Nc2cc(Cl)c(-c3ccc(S(=O)(=O)N4CCCC4)cc3)c(Cl)c2)n[nH]1. The summed E-state index contributed by atoms with van der Waals surface area (Å²) >= 11 is 12.9. The number of nitrogens with two attached hydrogens (primary N) is 1. The number of hydrogen-bond acceptors (Lipinski definition) is 6. The normalized spacial score (nSPS) is 15.0. The second-order valence-corrected chi connectivity index (χ2v) is 9.37. The number of nitrogens with one attached hydrogen (secondary N) is 2. The number of rotatable bonds is 5. The van der Waals surface area contributed by atoms with Crippen LogP contribution in [0.5, 0.6) is 0 Å². The molecule has 4 rings (SSSR count). The summed E-state index contributed by atoms with van der Waals surface area (Å²) in [5.74, 6) is 0.476. The zero-order chi connectivity index (χ0) is 20.6. The van der Waals surface area contributed by atoms with Gasteiger partial charge in [0.2, 0.25) is 21.9 Å². The van der Waals surface area contributed by atoms with E-state index in [4.69, 9.17) is 28.9 Å². The maximum Gasteiger partial charge on any atom is 0.248 e. The molecule has 3 aromatic rings. The highest BCUT2D eigenvalue weighted by Gasteiger charge is 2.27. The van der Waals surface area contributed by atoms with E-state index in [1.165, 1.54) is 4.31 Å². The lowest BCUT2D eigenvalue weighted by atomic mass is 10.1. The monoisotopic (exact) mass is 452 g/mol. The van der Waals surface area contributed by atoms with Crippen LogP contribution in [0.4, 0.5) is 17.6 Å². The van der Waals surface area contributed by atoms with Crippen molar-refractivity contribution in [3.8, 4) is 11.1 Å². The molecule has 0 amide bonds. The summed E-state index contributed by atoms with van der Waals surface area (Å²) in [5.41, 5.74) is 7.43. The first-order valence-electron chi connectivity index (χ1n) is 8.89. The molecule has 1 aromatic heterocycles. The zero-order valence-electron chi connectivity index (χ0n) is 15.2. The van der Waals surface area contributed by atoms with Gasteiger partial charge in [-0.2, -0.15) is 9.29 Å². The smallest absolute Gasteiger partial charge is 0.248 e. The summed E-state index contributed by atoms with van der Waals surface area (Å²) in [6, 6.07) is 9.95.